The van der Waals surface area contributed by atoms with E-state index in [2.05, 4.69) is 0 Å². The van der Waals surface area contributed by atoms with Crippen LogP contribution in [0.2, 0.25) is 0 Å². The third-order valence-corrected chi connectivity index (χ3v) is 6.49. The monoisotopic (exact) mass is 522 g/mol. The van der Waals surface area contributed by atoms with Crippen LogP contribution in [0.5, 0.6) is 0 Å². The average molecular weight is 523 g/mol. The number of hydrogen-bond acceptors (Lipinski definition) is 8. The van der Waals surface area contributed by atoms with Gasteiger partial charge in [-0.15, -0.1) is 0 Å². The molecule has 1 aliphatic heterocycles. The van der Waals surface area contributed by atoms with Crippen LogP contribution < -0.4 is 0 Å². The first-order valence-electron chi connectivity index (χ1n) is 12.6. The molecule has 0 unspecified atom stereocenters. The summed E-state index contributed by atoms with van der Waals surface area (Å²) >= 11 is 0. The highest BCUT2D eigenvalue weighted by Gasteiger charge is 2.55. The number of hydroxylamine groups is 2. The number of likely N-dealkylation sites (N-methyl/N-ethyl adjacent to an activating group) is 1. The first-order valence-corrected chi connectivity index (χ1v) is 12.6. The molecule has 38 heavy (non-hydrogen) atoms. The molecule has 3 aromatic rings. The van der Waals surface area contributed by atoms with Gasteiger partial charge in [-0.2, -0.15) is 5.06 Å². The van der Waals surface area contributed by atoms with E-state index in [-0.39, 0.29) is 24.7 Å². The summed E-state index contributed by atoms with van der Waals surface area (Å²) in [5.41, 5.74) is 2.85. The zero-order valence-electron chi connectivity index (χ0n) is 21.6. The van der Waals surface area contributed by atoms with Gasteiger partial charge in [-0.25, -0.2) is 0 Å². The van der Waals surface area contributed by atoms with Crippen molar-refractivity contribution in [2.75, 3.05) is 20.8 Å². The molecule has 0 spiro atoms. The largest absolute Gasteiger partial charge is 0.374 e. The van der Waals surface area contributed by atoms with Crippen molar-refractivity contribution in [3.8, 4) is 0 Å². The lowest BCUT2D eigenvalue weighted by Crippen LogP contribution is -2.66. The van der Waals surface area contributed by atoms with Crippen molar-refractivity contribution in [2.45, 2.75) is 50.4 Å². The highest BCUT2D eigenvalue weighted by molar-refractivity contribution is 5.15. The van der Waals surface area contributed by atoms with E-state index >= 15 is 0 Å². The predicted molar refractivity (Wildman–Crippen MR) is 140 cm³/mol. The molecule has 3 aromatic carbocycles. The number of rotatable bonds is 13. The predicted octanol–water partition coefficient (Wildman–Crippen LogP) is 4.24. The minimum absolute atomic E-state index is 0.151. The van der Waals surface area contributed by atoms with Gasteiger partial charge in [0, 0.05) is 12.0 Å². The minimum Gasteiger partial charge on any atom is -0.374 e. The van der Waals surface area contributed by atoms with E-state index in [9.17, 15) is 10.1 Å². The quantitative estimate of drug-likeness (QED) is 0.243. The SMILES string of the molecule is CON(C)[C@@H]1O[C@H](COCc2ccccc2)[C@@H](OCc2ccccc2)[C@H](OCc2ccccc2)[C@H]1[N+](=O)[O-]. The molecule has 5 atom stereocenters. The maximum absolute atomic E-state index is 12.4. The lowest BCUT2D eigenvalue weighted by atomic mass is 9.95. The Hall–Kier alpha value is -3.18. The Morgan fingerprint density at radius 3 is 1.74 bits per heavy atom. The zero-order valence-corrected chi connectivity index (χ0v) is 21.6. The second-order valence-electron chi connectivity index (χ2n) is 9.09. The van der Waals surface area contributed by atoms with Crippen molar-refractivity contribution >= 4 is 0 Å². The molecule has 1 fully saturated rings. The molecule has 9 heteroatoms. The number of nitro groups is 1. The third kappa shape index (κ3) is 7.44. The minimum atomic E-state index is -1.27. The highest BCUT2D eigenvalue weighted by atomic mass is 16.7. The Morgan fingerprint density at radius 1 is 0.789 bits per heavy atom. The molecule has 0 bridgehead atoms. The molecule has 1 aliphatic rings. The van der Waals surface area contributed by atoms with Crippen molar-refractivity contribution in [3.63, 3.8) is 0 Å². The summed E-state index contributed by atoms with van der Waals surface area (Å²) in [6.07, 6.45) is -3.37. The summed E-state index contributed by atoms with van der Waals surface area (Å²) in [7, 11) is 3.04. The van der Waals surface area contributed by atoms with Gasteiger partial charge in [0.25, 0.3) is 6.04 Å². The van der Waals surface area contributed by atoms with Crippen LogP contribution >= 0.6 is 0 Å². The summed E-state index contributed by atoms with van der Waals surface area (Å²) < 4.78 is 24.9. The Labute approximate surface area is 222 Å². The summed E-state index contributed by atoms with van der Waals surface area (Å²) in [6.45, 7) is 0.940. The molecule has 0 amide bonds. The van der Waals surface area contributed by atoms with Crippen molar-refractivity contribution in [2.24, 2.45) is 0 Å². The Kier molecular flexibility index (Phi) is 10.3. The van der Waals surface area contributed by atoms with Gasteiger partial charge in [-0.3, -0.25) is 15.0 Å². The maximum atomic E-state index is 12.4. The van der Waals surface area contributed by atoms with Gasteiger partial charge in [0.2, 0.25) is 6.23 Å². The van der Waals surface area contributed by atoms with E-state index in [1.807, 2.05) is 91.0 Å². The van der Waals surface area contributed by atoms with Crippen molar-refractivity contribution < 1.29 is 28.7 Å². The molecule has 1 saturated heterocycles. The molecular formula is C29H34N2O7. The van der Waals surface area contributed by atoms with E-state index in [1.165, 1.54) is 12.2 Å². The van der Waals surface area contributed by atoms with Crippen LogP contribution in [0.25, 0.3) is 0 Å². The molecule has 0 aliphatic carbocycles. The molecule has 9 nitrogen and oxygen atoms in total. The first-order chi connectivity index (χ1) is 18.6. The van der Waals surface area contributed by atoms with Crippen molar-refractivity contribution in [1.82, 2.24) is 5.06 Å². The molecule has 0 radical (unpaired) electrons. The van der Waals surface area contributed by atoms with E-state index in [1.54, 1.807) is 7.05 Å². The number of hydrogen-bond donors (Lipinski definition) is 0. The van der Waals surface area contributed by atoms with Gasteiger partial charge in [-0.05, 0) is 16.7 Å². The van der Waals surface area contributed by atoms with Gasteiger partial charge in [-0.1, -0.05) is 91.0 Å². The third-order valence-electron chi connectivity index (χ3n) is 6.49. The van der Waals surface area contributed by atoms with Crippen molar-refractivity contribution in [1.29, 1.82) is 0 Å². The second-order valence-corrected chi connectivity index (χ2v) is 9.09. The summed E-state index contributed by atoms with van der Waals surface area (Å²) in [5.74, 6) is 0. The van der Waals surface area contributed by atoms with E-state index < -0.39 is 30.6 Å². The van der Waals surface area contributed by atoms with Gasteiger partial charge in [0.1, 0.15) is 12.2 Å². The number of benzene rings is 3. The van der Waals surface area contributed by atoms with Crippen LogP contribution in [0.4, 0.5) is 0 Å². The molecule has 202 valence electrons. The second kappa shape index (κ2) is 14.1. The van der Waals surface area contributed by atoms with Crippen molar-refractivity contribution in [3.05, 3.63) is 118 Å². The summed E-state index contributed by atoms with van der Waals surface area (Å²) in [4.78, 5) is 17.4. The molecule has 0 aromatic heterocycles. The Bertz CT molecular complexity index is 1100. The molecule has 0 N–H and O–H groups in total. The van der Waals surface area contributed by atoms with Gasteiger partial charge < -0.3 is 18.9 Å². The Balaban J connectivity index is 1.60. The summed E-state index contributed by atoms with van der Waals surface area (Å²) in [5, 5.41) is 13.7. The lowest BCUT2D eigenvalue weighted by Gasteiger charge is -2.44. The molecule has 1 heterocycles. The fraction of sp³-hybridized carbons (Fsp3) is 0.379. The van der Waals surface area contributed by atoms with Gasteiger partial charge in [0.15, 0.2) is 6.10 Å². The zero-order chi connectivity index (χ0) is 26.7. The normalized spacial score (nSPS) is 23.4. The van der Waals surface area contributed by atoms with Crippen LogP contribution in [0, 0.1) is 10.1 Å². The van der Waals surface area contributed by atoms with Crippen LogP contribution in [-0.2, 0) is 43.6 Å². The Morgan fingerprint density at radius 2 is 1.26 bits per heavy atom. The van der Waals surface area contributed by atoms with Crippen LogP contribution in [0.1, 0.15) is 16.7 Å². The van der Waals surface area contributed by atoms with Crippen LogP contribution in [0.15, 0.2) is 91.0 Å². The standard InChI is InChI=1S/C29H34N2O7/c1-30(34-2)29-26(31(32)33)28(37-20-24-16-10-5-11-17-24)27(36-19-23-14-8-4-9-15-23)25(38-29)21-35-18-22-12-6-3-7-13-22/h3-17,25-29H,18-21H2,1-2H3/t25-,26-,27-,28-,29-/m1/s1. The van der Waals surface area contributed by atoms with E-state index in [0.29, 0.717) is 6.61 Å². The topological polar surface area (TPSA) is 92.5 Å². The smallest absolute Gasteiger partial charge is 0.282 e. The molecule has 4 rings (SSSR count). The molecule has 0 saturated carbocycles. The average Bonchev–Trinajstić information content (AvgIpc) is 2.96. The first kappa shape index (κ1) is 27.8. The van der Waals surface area contributed by atoms with E-state index in [4.69, 9.17) is 23.8 Å². The van der Waals surface area contributed by atoms with E-state index in [0.717, 1.165) is 16.7 Å². The van der Waals surface area contributed by atoms with Crippen LogP contribution in [0.3, 0.4) is 0 Å². The fourth-order valence-electron chi connectivity index (χ4n) is 4.46. The van der Waals surface area contributed by atoms with Gasteiger partial charge in [0.05, 0.1) is 33.5 Å². The van der Waals surface area contributed by atoms with Crippen LogP contribution in [-0.4, -0.2) is 61.3 Å². The highest BCUT2D eigenvalue weighted by Crippen LogP contribution is 2.31. The maximum Gasteiger partial charge on any atom is 0.282 e. The lowest BCUT2D eigenvalue weighted by molar-refractivity contribution is -0.575. The number of nitrogens with zero attached hydrogens (tertiary/aromatic N) is 2. The fourth-order valence-corrected chi connectivity index (χ4v) is 4.46. The summed E-state index contributed by atoms with van der Waals surface area (Å²) in [6, 6.07) is 27.7. The van der Waals surface area contributed by atoms with Gasteiger partial charge >= 0.3 is 0 Å². The number of ether oxygens (including phenoxy) is 4. The molecular weight excluding hydrogens is 488 g/mol.